The standard InChI is InChI=1S/C13H10BrClN2O2/c14-8-4-5-11(16-7-8)12(13(18)19)17-10-3-1-2-9(15)6-10/h1-7,12,17H,(H,18,19). The molecule has 6 heteroatoms. The van der Waals surface area contributed by atoms with Gasteiger partial charge in [-0.15, -0.1) is 0 Å². The summed E-state index contributed by atoms with van der Waals surface area (Å²) in [5, 5.41) is 12.7. The zero-order valence-corrected chi connectivity index (χ0v) is 12.0. The van der Waals surface area contributed by atoms with Crippen LogP contribution in [0.1, 0.15) is 11.7 Å². The lowest BCUT2D eigenvalue weighted by Gasteiger charge is -2.15. The molecule has 2 N–H and O–H groups in total. The maximum Gasteiger partial charge on any atom is 0.332 e. The highest BCUT2D eigenvalue weighted by atomic mass is 79.9. The van der Waals surface area contributed by atoms with Crippen LogP contribution < -0.4 is 5.32 Å². The number of hydrogen-bond acceptors (Lipinski definition) is 3. The maximum absolute atomic E-state index is 11.3. The van der Waals surface area contributed by atoms with Crippen molar-refractivity contribution in [2.24, 2.45) is 0 Å². The van der Waals surface area contributed by atoms with Crippen LogP contribution in [0, 0.1) is 0 Å². The molecule has 0 radical (unpaired) electrons. The lowest BCUT2D eigenvalue weighted by atomic mass is 10.1. The Hall–Kier alpha value is -1.59. The van der Waals surface area contributed by atoms with Crippen molar-refractivity contribution in [3.8, 4) is 0 Å². The van der Waals surface area contributed by atoms with Crippen molar-refractivity contribution in [2.75, 3.05) is 5.32 Å². The molecule has 0 saturated carbocycles. The molecule has 98 valence electrons. The Morgan fingerprint density at radius 1 is 1.37 bits per heavy atom. The lowest BCUT2D eigenvalue weighted by molar-refractivity contribution is -0.138. The summed E-state index contributed by atoms with van der Waals surface area (Å²) in [5.74, 6) is -1.00. The first kappa shape index (κ1) is 13.8. The smallest absolute Gasteiger partial charge is 0.332 e. The fourth-order valence-electron chi connectivity index (χ4n) is 1.57. The van der Waals surface area contributed by atoms with Gasteiger partial charge in [0, 0.05) is 21.4 Å². The quantitative estimate of drug-likeness (QED) is 0.889. The minimum Gasteiger partial charge on any atom is -0.479 e. The van der Waals surface area contributed by atoms with Crippen LogP contribution in [0.15, 0.2) is 47.1 Å². The number of benzene rings is 1. The molecule has 1 heterocycles. The summed E-state index contributed by atoms with van der Waals surface area (Å²) in [6.45, 7) is 0. The second kappa shape index (κ2) is 6.04. The molecule has 0 aliphatic carbocycles. The van der Waals surface area contributed by atoms with E-state index in [4.69, 9.17) is 11.6 Å². The number of anilines is 1. The molecule has 0 fully saturated rings. The van der Waals surface area contributed by atoms with E-state index < -0.39 is 12.0 Å². The molecule has 4 nitrogen and oxygen atoms in total. The monoisotopic (exact) mass is 340 g/mol. The van der Waals surface area contributed by atoms with Gasteiger partial charge in [-0.3, -0.25) is 4.98 Å². The van der Waals surface area contributed by atoms with Crippen LogP contribution in [-0.2, 0) is 4.79 Å². The molecule has 0 bridgehead atoms. The molecule has 2 aromatic rings. The van der Waals surface area contributed by atoms with E-state index in [-0.39, 0.29) is 0 Å². The third-order valence-corrected chi connectivity index (χ3v) is 3.13. The van der Waals surface area contributed by atoms with Gasteiger partial charge in [0.25, 0.3) is 0 Å². The third kappa shape index (κ3) is 3.68. The fourth-order valence-corrected chi connectivity index (χ4v) is 1.99. The molecule has 2 rings (SSSR count). The van der Waals surface area contributed by atoms with Crippen LogP contribution in [0.3, 0.4) is 0 Å². The number of aliphatic carboxylic acids is 1. The fraction of sp³-hybridized carbons (Fsp3) is 0.0769. The summed E-state index contributed by atoms with van der Waals surface area (Å²) in [6.07, 6.45) is 1.56. The Balaban J connectivity index is 2.26. The van der Waals surface area contributed by atoms with Crippen LogP contribution in [-0.4, -0.2) is 16.1 Å². The van der Waals surface area contributed by atoms with Gasteiger partial charge in [-0.05, 0) is 46.3 Å². The topological polar surface area (TPSA) is 62.2 Å². The van der Waals surface area contributed by atoms with Gasteiger partial charge in [0.1, 0.15) is 0 Å². The van der Waals surface area contributed by atoms with Crippen LogP contribution in [0.2, 0.25) is 5.02 Å². The van der Waals surface area contributed by atoms with Gasteiger partial charge >= 0.3 is 5.97 Å². The van der Waals surface area contributed by atoms with Gasteiger partial charge in [0.2, 0.25) is 0 Å². The highest BCUT2D eigenvalue weighted by Gasteiger charge is 2.20. The maximum atomic E-state index is 11.3. The highest BCUT2D eigenvalue weighted by molar-refractivity contribution is 9.10. The van der Waals surface area contributed by atoms with Crippen LogP contribution in [0.25, 0.3) is 0 Å². The number of carbonyl (C=O) groups is 1. The second-order valence-corrected chi connectivity index (χ2v) is 5.18. The Morgan fingerprint density at radius 2 is 2.16 bits per heavy atom. The summed E-state index contributed by atoms with van der Waals surface area (Å²) in [6, 6.07) is 9.36. The van der Waals surface area contributed by atoms with E-state index in [2.05, 4.69) is 26.2 Å². The predicted octanol–water partition coefficient (Wildman–Crippen LogP) is 3.74. The van der Waals surface area contributed by atoms with Gasteiger partial charge in [-0.25, -0.2) is 4.79 Å². The molecule has 0 amide bonds. The molecule has 1 aromatic heterocycles. The van der Waals surface area contributed by atoms with Crippen LogP contribution in [0.5, 0.6) is 0 Å². The second-order valence-electron chi connectivity index (χ2n) is 3.83. The van der Waals surface area contributed by atoms with Gasteiger partial charge < -0.3 is 10.4 Å². The average Bonchev–Trinajstić information content (AvgIpc) is 2.37. The summed E-state index contributed by atoms with van der Waals surface area (Å²) in [4.78, 5) is 15.4. The zero-order valence-electron chi connectivity index (χ0n) is 9.68. The number of nitrogens with one attached hydrogen (secondary N) is 1. The number of aromatic nitrogens is 1. The summed E-state index contributed by atoms with van der Waals surface area (Å²) < 4.78 is 0.795. The van der Waals surface area contributed by atoms with Gasteiger partial charge in [-0.2, -0.15) is 0 Å². The Labute approximate surface area is 123 Å². The van der Waals surface area contributed by atoms with Crippen molar-refractivity contribution >= 4 is 39.2 Å². The van der Waals surface area contributed by atoms with Crippen molar-refractivity contribution in [3.63, 3.8) is 0 Å². The van der Waals surface area contributed by atoms with Crippen LogP contribution >= 0.6 is 27.5 Å². The normalized spacial score (nSPS) is 11.9. The number of halogens is 2. The van der Waals surface area contributed by atoms with Gasteiger partial charge in [-0.1, -0.05) is 17.7 Å². The number of carboxylic acids is 1. The first-order chi connectivity index (χ1) is 9.06. The van der Waals surface area contributed by atoms with Gasteiger partial charge in [0.05, 0.1) is 5.69 Å². The largest absolute Gasteiger partial charge is 0.479 e. The zero-order chi connectivity index (χ0) is 13.8. The van der Waals surface area contributed by atoms with E-state index in [1.54, 1.807) is 42.6 Å². The Bertz CT molecular complexity index is 589. The van der Waals surface area contributed by atoms with E-state index in [1.807, 2.05) is 0 Å². The first-order valence-electron chi connectivity index (χ1n) is 5.42. The molecule has 0 spiro atoms. The SMILES string of the molecule is O=C(O)C(Nc1cccc(Cl)c1)c1ccc(Br)cn1. The third-order valence-electron chi connectivity index (χ3n) is 2.43. The average molecular weight is 342 g/mol. The highest BCUT2D eigenvalue weighted by Crippen LogP contribution is 2.22. The summed E-state index contributed by atoms with van der Waals surface area (Å²) in [7, 11) is 0. The van der Waals surface area contributed by atoms with E-state index in [0.29, 0.717) is 16.4 Å². The molecule has 19 heavy (non-hydrogen) atoms. The van der Waals surface area contributed by atoms with Crippen LogP contribution in [0.4, 0.5) is 5.69 Å². The molecule has 0 saturated heterocycles. The Kier molecular flexibility index (Phi) is 4.39. The van der Waals surface area contributed by atoms with E-state index in [1.165, 1.54) is 0 Å². The van der Waals surface area contributed by atoms with Crippen molar-refractivity contribution in [1.29, 1.82) is 0 Å². The number of pyridine rings is 1. The molecule has 1 unspecified atom stereocenters. The number of nitrogens with zero attached hydrogens (tertiary/aromatic N) is 1. The van der Waals surface area contributed by atoms with E-state index >= 15 is 0 Å². The number of rotatable bonds is 4. The lowest BCUT2D eigenvalue weighted by Crippen LogP contribution is -2.21. The molecule has 0 aliphatic heterocycles. The van der Waals surface area contributed by atoms with E-state index in [9.17, 15) is 9.90 Å². The summed E-state index contributed by atoms with van der Waals surface area (Å²) >= 11 is 9.13. The van der Waals surface area contributed by atoms with Crippen molar-refractivity contribution in [1.82, 2.24) is 4.98 Å². The first-order valence-corrected chi connectivity index (χ1v) is 6.60. The van der Waals surface area contributed by atoms with Gasteiger partial charge in [0.15, 0.2) is 6.04 Å². The van der Waals surface area contributed by atoms with Crippen molar-refractivity contribution in [3.05, 3.63) is 57.8 Å². The van der Waals surface area contributed by atoms with Crippen molar-refractivity contribution < 1.29 is 9.90 Å². The molecule has 1 aromatic carbocycles. The van der Waals surface area contributed by atoms with Crippen molar-refractivity contribution in [2.45, 2.75) is 6.04 Å². The molecule has 1 atom stereocenters. The van der Waals surface area contributed by atoms with E-state index in [0.717, 1.165) is 4.47 Å². The molecular formula is C13H10BrClN2O2. The molecular weight excluding hydrogens is 332 g/mol. The predicted molar refractivity (Wildman–Crippen MR) is 77.4 cm³/mol. The summed E-state index contributed by atoms with van der Waals surface area (Å²) in [5.41, 5.74) is 1.06. The number of hydrogen-bond donors (Lipinski definition) is 2. The molecule has 0 aliphatic rings. The minimum absolute atomic E-state index is 0.427. The Morgan fingerprint density at radius 3 is 2.74 bits per heavy atom. The number of carboxylic acid groups (broad SMARTS) is 1. The minimum atomic E-state index is -1.00.